The largest absolute Gasteiger partial charge is 0.496 e. The molecule has 0 radical (unpaired) electrons. The van der Waals surface area contributed by atoms with Crippen molar-refractivity contribution in [2.45, 2.75) is 38.5 Å². The molecule has 1 rings (SSSR count). The van der Waals surface area contributed by atoms with Crippen LogP contribution in [-0.4, -0.2) is 35.7 Å². The third-order valence-electron chi connectivity index (χ3n) is 4.21. The Morgan fingerprint density at radius 3 is 2.22 bits per heavy atom. The van der Waals surface area contributed by atoms with Gasteiger partial charge in [0.25, 0.3) is 0 Å². The molecule has 1 aromatic rings. The molecule has 0 aromatic heterocycles. The van der Waals surface area contributed by atoms with E-state index in [4.69, 9.17) is 9.84 Å². The van der Waals surface area contributed by atoms with Crippen LogP contribution in [-0.2, 0) is 0 Å². The van der Waals surface area contributed by atoms with Crippen LogP contribution in [0.15, 0.2) is 24.8 Å². The molecule has 2 atom stereocenters. The molecule has 0 saturated carbocycles. The lowest BCUT2D eigenvalue weighted by molar-refractivity contribution is -0.281. The van der Waals surface area contributed by atoms with E-state index in [2.05, 4.69) is 6.58 Å². The highest BCUT2D eigenvalue weighted by molar-refractivity contribution is 5.71. The fraction of sp³-hybridized carbons (Fsp3) is 0.529. The Bertz CT molecular complexity index is 567. The fourth-order valence-corrected chi connectivity index (χ4v) is 2.33. The molecule has 0 spiro atoms. The maximum absolute atomic E-state index is 13.1. The number of ether oxygens (including phenoxy) is 1. The summed E-state index contributed by atoms with van der Waals surface area (Å²) in [4.78, 5) is 0. The molecule has 23 heavy (non-hydrogen) atoms. The van der Waals surface area contributed by atoms with Crippen LogP contribution >= 0.6 is 0 Å². The standard InChI is InChI=1S/C17H23F3O3/c1-10(2)13-6-7-14(15(8-13)23-5)11(3)12(4)16(22,9-21)17(18,19)20/h6-8,10,12,21-22H,3,9H2,1-2,4-5H3. The van der Waals surface area contributed by atoms with Crippen molar-refractivity contribution in [3.8, 4) is 5.75 Å². The summed E-state index contributed by atoms with van der Waals surface area (Å²) in [5.74, 6) is -0.824. The fourth-order valence-electron chi connectivity index (χ4n) is 2.33. The number of rotatable bonds is 6. The third kappa shape index (κ3) is 3.70. The second-order valence-electron chi connectivity index (χ2n) is 5.94. The predicted octanol–water partition coefficient (Wildman–Crippen LogP) is 3.75. The molecule has 130 valence electrons. The number of aliphatic hydroxyl groups excluding tert-OH is 1. The number of halogens is 3. The van der Waals surface area contributed by atoms with Crippen molar-refractivity contribution in [1.82, 2.24) is 0 Å². The van der Waals surface area contributed by atoms with E-state index >= 15 is 0 Å². The number of methoxy groups -OCH3 is 1. The molecular formula is C17H23F3O3. The summed E-state index contributed by atoms with van der Waals surface area (Å²) in [5.41, 5.74) is -1.86. The minimum absolute atomic E-state index is 0.0473. The van der Waals surface area contributed by atoms with Gasteiger partial charge in [-0.1, -0.05) is 39.5 Å². The highest BCUT2D eigenvalue weighted by atomic mass is 19.4. The van der Waals surface area contributed by atoms with Crippen LogP contribution in [0, 0.1) is 5.92 Å². The van der Waals surface area contributed by atoms with Crippen molar-refractivity contribution in [3.05, 3.63) is 35.9 Å². The normalized spacial score (nSPS) is 16.1. The minimum Gasteiger partial charge on any atom is -0.496 e. The smallest absolute Gasteiger partial charge is 0.420 e. The first-order chi connectivity index (χ1) is 10.5. The van der Waals surface area contributed by atoms with E-state index in [9.17, 15) is 18.3 Å². The van der Waals surface area contributed by atoms with Gasteiger partial charge >= 0.3 is 6.18 Å². The quantitative estimate of drug-likeness (QED) is 0.834. The van der Waals surface area contributed by atoms with Crippen molar-refractivity contribution >= 4 is 5.57 Å². The monoisotopic (exact) mass is 332 g/mol. The van der Waals surface area contributed by atoms with Crippen molar-refractivity contribution in [2.75, 3.05) is 13.7 Å². The predicted molar refractivity (Wildman–Crippen MR) is 83.4 cm³/mol. The van der Waals surface area contributed by atoms with Crippen LogP contribution in [0.2, 0.25) is 0 Å². The van der Waals surface area contributed by atoms with E-state index in [1.165, 1.54) is 14.0 Å². The number of hydrogen-bond donors (Lipinski definition) is 2. The lowest BCUT2D eigenvalue weighted by Gasteiger charge is -2.35. The van der Waals surface area contributed by atoms with Gasteiger partial charge in [0.05, 0.1) is 13.7 Å². The maximum Gasteiger partial charge on any atom is 0.420 e. The highest BCUT2D eigenvalue weighted by Gasteiger charge is 2.57. The summed E-state index contributed by atoms with van der Waals surface area (Å²) >= 11 is 0. The Kier molecular flexibility index (Phi) is 5.88. The topological polar surface area (TPSA) is 49.7 Å². The molecule has 0 amide bonds. The molecule has 0 aliphatic heterocycles. The van der Waals surface area contributed by atoms with Crippen LogP contribution < -0.4 is 4.74 Å². The van der Waals surface area contributed by atoms with E-state index in [-0.39, 0.29) is 11.5 Å². The van der Waals surface area contributed by atoms with E-state index in [1.54, 1.807) is 18.2 Å². The minimum atomic E-state index is -4.98. The summed E-state index contributed by atoms with van der Waals surface area (Å²) in [6.07, 6.45) is -4.98. The molecule has 3 nitrogen and oxygen atoms in total. The van der Waals surface area contributed by atoms with Crippen molar-refractivity contribution < 1.29 is 28.1 Å². The van der Waals surface area contributed by atoms with Gasteiger partial charge in [0.15, 0.2) is 5.60 Å². The SMILES string of the molecule is C=C(c1ccc(C(C)C)cc1OC)C(C)C(O)(CO)C(F)(F)F. The second kappa shape index (κ2) is 6.93. The summed E-state index contributed by atoms with van der Waals surface area (Å²) in [6.45, 7) is 7.40. The molecule has 1 aromatic carbocycles. The van der Waals surface area contributed by atoms with E-state index < -0.39 is 24.3 Å². The van der Waals surface area contributed by atoms with E-state index in [1.807, 2.05) is 13.8 Å². The number of benzene rings is 1. The van der Waals surface area contributed by atoms with Gasteiger partial charge in [0.2, 0.25) is 0 Å². The van der Waals surface area contributed by atoms with Gasteiger partial charge in [0.1, 0.15) is 5.75 Å². The van der Waals surface area contributed by atoms with Gasteiger partial charge in [-0.25, -0.2) is 0 Å². The Morgan fingerprint density at radius 1 is 1.26 bits per heavy atom. The van der Waals surface area contributed by atoms with Gasteiger partial charge < -0.3 is 14.9 Å². The van der Waals surface area contributed by atoms with Crippen LogP contribution in [0.25, 0.3) is 5.57 Å². The van der Waals surface area contributed by atoms with Gasteiger partial charge in [-0.3, -0.25) is 0 Å². The molecule has 0 saturated heterocycles. The average Bonchev–Trinajstić information content (AvgIpc) is 2.50. The highest BCUT2D eigenvalue weighted by Crippen LogP contribution is 2.43. The first kappa shape index (κ1) is 19.5. The van der Waals surface area contributed by atoms with Gasteiger partial charge in [-0.2, -0.15) is 13.2 Å². The Morgan fingerprint density at radius 2 is 1.83 bits per heavy atom. The summed E-state index contributed by atoms with van der Waals surface area (Å²) in [7, 11) is 1.42. The van der Waals surface area contributed by atoms with Crippen LogP contribution in [0.3, 0.4) is 0 Å². The molecule has 2 N–H and O–H groups in total. The Balaban J connectivity index is 3.28. The molecule has 0 bridgehead atoms. The number of hydrogen-bond acceptors (Lipinski definition) is 3. The maximum atomic E-state index is 13.1. The Hall–Kier alpha value is -1.53. The average molecular weight is 332 g/mol. The molecule has 6 heteroatoms. The van der Waals surface area contributed by atoms with Crippen LogP contribution in [0.5, 0.6) is 5.75 Å². The summed E-state index contributed by atoms with van der Waals surface area (Å²) < 4.78 is 44.6. The van der Waals surface area contributed by atoms with Gasteiger partial charge in [0, 0.05) is 11.5 Å². The van der Waals surface area contributed by atoms with Crippen LogP contribution in [0.1, 0.15) is 37.8 Å². The molecule has 0 fully saturated rings. The lowest BCUT2D eigenvalue weighted by atomic mass is 9.80. The molecule has 2 unspecified atom stereocenters. The lowest BCUT2D eigenvalue weighted by Crippen LogP contribution is -2.53. The first-order valence-electron chi connectivity index (χ1n) is 7.26. The molecular weight excluding hydrogens is 309 g/mol. The third-order valence-corrected chi connectivity index (χ3v) is 4.21. The first-order valence-corrected chi connectivity index (χ1v) is 7.26. The van der Waals surface area contributed by atoms with Gasteiger partial charge in [-0.15, -0.1) is 0 Å². The second-order valence-corrected chi connectivity index (χ2v) is 5.94. The van der Waals surface area contributed by atoms with Crippen molar-refractivity contribution in [1.29, 1.82) is 0 Å². The van der Waals surface area contributed by atoms with Gasteiger partial charge in [-0.05, 0) is 23.1 Å². The zero-order chi connectivity index (χ0) is 18.0. The van der Waals surface area contributed by atoms with Crippen molar-refractivity contribution in [2.24, 2.45) is 5.92 Å². The Labute approximate surface area is 134 Å². The number of alkyl halides is 3. The summed E-state index contributed by atoms with van der Waals surface area (Å²) in [5, 5.41) is 19.0. The van der Waals surface area contributed by atoms with E-state index in [0.29, 0.717) is 11.3 Å². The zero-order valence-corrected chi connectivity index (χ0v) is 13.7. The van der Waals surface area contributed by atoms with Crippen molar-refractivity contribution in [3.63, 3.8) is 0 Å². The summed E-state index contributed by atoms with van der Waals surface area (Å²) in [6, 6.07) is 5.15. The molecule has 0 heterocycles. The zero-order valence-electron chi connectivity index (χ0n) is 13.7. The molecule has 0 aliphatic carbocycles. The van der Waals surface area contributed by atoms with E-state index in [0.717, 1.165) is 5.56 Å². The van der Waals surface area contributed by atoms with Crippen LogP contribution in [0.4, 0.5) is 13.2 Å². The number of aliphatic hydroxyl groups is 2. The molecule has 0 aliphatic rings.